The third kappa shape index (κ3) is 4.47. The van der Waals surface area contributed by atoms with Crippen molar-refractivity contribution in [2.24, 2.45) is 0 Å². The predicted molar refractivity (Wildman–Crippen MR) is 86.9 cm³/mol. The molecule has 0 saturated heterocycles. The first-order valence-electron chi connectivity index (χ1n) is 8.47. The van der Waals surface area contributed by atoms with Crippen LogP contribution in [0.25, 0.3) is 0 Å². The van der Waals surface area contributed by atoms with Crippen LogP contribution in [0.2, 0.25) is 0 Å². The Morgan fingerprint density at radius 3 is 2.73 bits per heavy atom. The average molecular weight is 302 g/mol. The Balaban J connectivity index is 1.55. The van der Waals surface area contributed by atoms with Crippen molar-refractivity contribution in [3.05, 3.63) is 29.3 Å². The summed E-state index contributed by atoms with van der Waals surface area (Å²) in [5, 5.41) is 6.22. The molecule has 0 spiro atoms. The van der Waals surface area contributed by atoms with Gasteiger partial charge in [0, 0.05) is 18.2 Å². The molecule has 0 atom stereocenters. The van der Waals surface area contributed by atoms with Crippen molar-refractivity contribution >= 4 is 5.91 Å². The molecule has 0 unspecified atom stereocenters. The number of nitrogens with one attached hydrogen (secondary N) is 2. The summed E-state index contributed by atoms with van der Waals surface area (Å²) in [5.41, 5.74) is 2.26. The Labute approximate surface area is 132 Å². The molecule has 2 N–H and O–H groups in total. The first-order chi connectivity index (χ1) is 10.7. The highest BCUT2D eigenvalue weighted by Gasteiger charge is 2.21. The molecule has 2 aliphatic carbocycles. The van der Waals surface area contributed by atoms with Gasteiger partial charge in [0.25, 0.3) is 0 Å². The van der Waals surface area contributed by atoms with E-state index in [1.165, 1.54) is 31.2 Å². The zero-order valence-electron chi connectivity index (χ0n) is 13.4. The molecule has 2 aliphatic rings. The first kappa shape index (κ1) is 15.3. The van der Waals surface area contributed by atoms with E-state index in [1.54, 1.807) is 0 Å². The van der Waals surface area contributed by atoms with E-state index in [2.05, 4.69) is 35.8 Å². The zero-order valence-corrected chi connectivity index (χ0v) is 13.4. The van der Waals surface area contributed by atoms with Crippen molar-refractivity contribution in [3.63, 3.8) is 0 Å². The fourth-order valence-corrected chi connectivity index (χ4v) is 2.88. The Morgan fingerprint density at radius 2 is 2.00 bits per heavy atom. The second-order valence-electron chi connectivity index (χ2n) is 6.57. The summed E-state index contributed by atoms with van der Waals surface area (Å²) in [6.45, 7) is 3.02. The monoisotopic (exact) mass is 302 g/mol. The van der Waals surface area contributed by atoms with Crippen LogP contribution < -0.4 is 15.4 Å². The van der Waals surface area contributed by atoms with Crippen molar-refractivity contribution in [3.8, 4) is 5.75 Å². The molecule has 2 saturated carbocycles. The molecule has 0 aliphatic heterocycles. The fraction of sp³-hybridized carbons (Fsp3) is 0.611. The van der Waals surface area contributed by atoms with Crippen LogP contribution in [0.1, 0.15) is 49.7 Å². The van der Waals surface area contributed by atoms with Crippen LogP contribution in [-0.4, -0.2) is 24.6 Å². The number of carbonyl (C=O) groups excluding carboxylic acids is 1. The molecule has 0 bridgehead atoms. The van der Waals surface area contributed by atoms with E-state index in [-0.39, 0.29) is 5.91 Å². The third-order valence-electron chi connectivity index (χ3n) is 4.42. The molecule has 0 radical (unpaired) electrons. The van der Waals surface area contributed by atoms with Gasteiger partial charge >= 0.3 is 0 Å². The van der Waals surface area contributed by atoms with E-state index < -0.39 is 0 Å². The lowest BCUT2D eigenvalue weighted by atomic mass is 10.1. The van der Waals surface area contributed by atoms with Gasteiger partial charge in [-0.3, -0.25) is 4.79 Å². The van der Waals surface area contributed by atoms with Crippen molar-refractivity contribution < 1.29 is 9.53 Å². The first-order valence-corrected chi connectivity index (χ1v) is 8.47. The maximum absolute atomic E-state index is 11.9. The van der Waals surface area contributed by atoms with Crippen molar-refractivity contribution in [1.82, 2.24) is 10.6 Å². The molecule has 120 valence electrons. The number of ether oxygens (including phenoxy) is 1. The van der Waals surface area contributed by atoms with Gasteiger partial charge in [0.2, 0.25) is 5.91 Å². The van der Waals surface area contributed by atoms with Gasteiger partial charge in [0.1, 0.15) is 5.75 Å². The summed E-state index contributed by atoms with van der Waals surface area (Å²) >= 11 is 0. The molecule has 0 aromatic heterocycles. The van der Waals surface area contributed by atoms with Gasteiger partial charge in [0.15, 0.2) is 0 Å². The summed E-state index contributed by atoms with van der Waals surface area (Å²) in [6.07, 6.45) is 7.55. The van der Waals surface area contributed by atoms with Gasteiger partial charge in [-0.15, -0.1) is 0 Å². The molecule has 0 heterocycles. The highest BCUT2D eigenvalue weighted by molar-refractivity contribution is 5.78. The normalized spacial score (nSPS) is 18.4. The molecule has 1 aromatic rings. The van der Waals surface area contributed by atoms with Crippen LogP contribution in [0.15, 0.2) is 18.2 Å². The van der Waals surface area contributed by atoms with Crippen LogP contribution in [0.4, 0.5) is 0 Å². The Kier molecular flexibility index (Phi) is 4.98. The lowest BCUT2D eigenvalue weighted by molar-refractivity contribution is -0.120. The molecular formula is C18H26N2O2. The van der Waals surface area contributed by atoms with E-state index in [0.29, 0.717) is 25.2 Å². The molecule has 2 fully saturated rings. The fourth-order valence-electron chi connectivity index (χ4n) is 2.88. The van der Waals surface area contributed by atoms with E-state index in [9.17, 15) is 4.79 Å². The minimum atomic E-state index is 0.0549. The number of rotatable bonds is 7. The molecule has 4 heteroatoms. The predicted octanol–water partition coefficient (Wildman–Crippen LogP) is 2.68. The van der Waals surface area contributed by atoms with E-state index >= 15 is 0 Å². The van der Waals surface area contributed by atoms with E-state index in [0.717, 1.165) is 24.2 Å². The smallest absolute Gasteiger partial charge is 0.234 e. The van der Waals surface area contributed by atoms with Crippen molar-refractivity contribution in [2.45, 2.75) is 64.1 Å². The van der Waals surface area contributed by atoms with Crippen LogP contribution >= 0.6 is 0 Å². The average Bonchev–Trinajstić information content (AvgIpc) is 3.20. The molecule has 1 amide bonds. The zero-order chi connectivity index (χ0) is 15.4. The quantitative estimate of drug-likeness (QED) is 0.814. The van der Waals surface area contributed by atoms with Crippen LogP contribution in [-0.2, 0) is 11.3 Å². The number of amides is 1. The van der Waals surface area contributed by atoms with Gasteiger partial charge < -0.3 is 15.4 Å². The molecule has 4 nitrogen and oxygen atoms in total. The standard InChI is InChI=1S/C18H26N2O2/c1-13-6-7-14(11-20-18(21)12-19-15-8-9-15)17(10-13)22-16-4-2-3-5-16/h6-7,10,15-16,19H,2-5,8-9,11-12H2,1H3,(H,20,21). The Hall–Kier alpha value is -1.55. The SMILES string of the molecule is Cc1ccc(CNC(=O)CNC2CC2)c(OC2CCCC2)c1. The summed E-state index contributed by atoms with van der Waals surface area (Å²) in [4.78, 5) is 11.9. The maximum Gasteiger partial charge on any atom is 0.234 e. The molecular weight excluding hydrogens is 276 g/mol. The molecule has 22 heavy (non-hydrogen) atoms. The van der Waals surface area contributed by atoms with Gasteiger partial charge in [0.05, 0.1) is 12.6 Å². The van der Waals surface area contributed by atoms with Crippen molar-refractivity contribution in [2.75, 3.05) is 6.54 Å². The Morgan fingerprint density at radius 1 is 1.23 bits per heavy atom. The van der Waals surface area contributed by atoms with Crippen molar-refractivity contribution in [1.29, 1.82) is 0 Å². The minimum absolute atomic E-state index is 0.0549. The molecule has 3 rings (SSSR count). The van der Waals surface area contributed by atoms with Gasteiger partial charge in [-0.2, -0.15) is 0 Å². The second-order valence-corrected chi connectivity index (χ2v) is 6.57. The summed E-state index contributed by atoms with van der Waals surface area (Å²) in [5.74, 6) is 0.988. The third-order valence-corrected chi connectivity index (χ3v) is 4.42. The summed E-state index contributed by atoms with van der Waals surface area (Å²) in [6, 6.07) is 6.79. The number of carbonyl (C=O) groups is 1. The largest absolute Gasteiger partial charge is 0.490 e. The number of hydrogen-bond donors (Lipinski definition) is 2. The molecule has 1 aromatic carbocycles. The summed E-state index contributed by atoms with van der Waals surface area (Å²) in [7, 11) is 0. The van der Waals surface area contributed by atoms with Crippen LogP contribution in [0, 0.1) is 6.92 Å². The highest BCUT2D eigenvalue weighted by atomic mass is 16.5. The number of benzene rings is 1. The lowest BCUT2D eigenvalue weighted by Crippen LogP contribution is -2.34. The lowest BCUT2D eigenvalue weighted by Gasteiger charge is -2.17. The van der Waals surface area contributed by atoms with Gasteiger partial charge in [-0.1, -0.05) is 12.1 Å². The topological polar surface area (TPSA) is 50.4 Å². The van der Waals surface area contributed by atoms with E-state index in [1.807, 2.05) is 0 Å². The van der Waals surface area contributed by atoms with Crippen LogP contribution in [0.5, 0.6) is 5.75 Å². The van der Waals surface area contributed by atoms with Crippen LogP contribution in [0.3, 0.4) is 0 Å². The number of aryl methyl sites for hydroxylation is 1. The minimum Gasteiger partial charge on any atom is -0.490 e. The number of hydrogen-bond acceptors (Lipinski definition) is 3. The highest BCUT2D eigenvalue weighted by Crippen LogP contribution is 2.27. The van der Waals surface area contributed by atoms with Gasteiger partial charge in [-0.05, 0) is 57.1 Å². The summed E-state index contributed by atoms with van der Waals surface area (Å²) < 4.78 is 6.16. The Bertz CT molecular complexity index is 520. The van der Waals surface area contributed by atoms with Gasteiger partial charge in [-0.25, -0.2) is 0 Å². The maximum atomic E-state index is 11.9. The van der Waals surface area contributed by atoms with E-state index in [4.69, 9.17) is 4.74 Å². The second kappa shape index (κ2) is 7.14.